The van der Waals surface area contributed by atoms with Crippen molar-refractivity contribution in [1.82, 2.24) is 10.2 Å². The van der Waals surface area contributed by atoms with Gasteiger partial charge in [-0.05, 0) is 67.9 Å². The van der Waals surface area contributed by atoms with Gasteiger partial charge in [-0.2, -0.15) is 0 Å². The van der Waals surface area contributed by atoms with Crippen LogP contribution in [0.1, 0.15) is 40.6 Å². The van der Waals surface area contributed by atoms with Crippen LogP contribution in [0.25, 0.3) is 5.70 Å². The lowest BCUT2D eigenvalue weighted by Gasteiger charge is -2.36. The fraction of sp³-hybridized carbons (Fsp3) is 0.538. The third-order valence-electron chi connectivity index (χ3n) is 7.75. The summed E-state index contributed by atoms with van der Waals surface area (Å²) < 4.78 is 0. The van der Waals surface area contributed by atoms with Gasteiger partial charge in [0, 0.05) is 56.9 Å². The van der Waals surface area contributed by atoms with Crippen molar-refractivity contribution in [3.05, 3.63) is 51.7 Å². The van der Waals surface area contributed by atoms with Crippen LogP contribution in [0.15, 0.2) is 36.4 Å². The van der Waals surface area contributed by atoms with E-state index in [1.807, 2.05) is 11.3 Å². The average molecular weight is 435 g/mol. The third-order valence-corrected chi connectivity index (χ3v) is 8.81. The van der Waals surface area contributed by atoms with Gasteiger partial charge in [0.1, 0.15) is 0 Å². The van der Waals surface area contributed by atoms with E-state index in [9.17, 15) is 0 Å². The lowest BCUT2D eigenvalue weighted by molar-refractivity contribution is 0.431. The number of rotatable bonds is 4. The summed E-state index contributed by atoms with van der Waals surface area (Å²) in [6.07, 6.45) is 6.85. The molecule has 2 unspecified atom stereocenters. The molecule has 3 aliphatic heterocycles. The van der Waals surface area contributed by atoms with Gasteiger partial charge in [-0.15, -0.1) is 11.3 Å². The molecule has 5 heteroatoms. The first-order valence-electron chi connectivity index (χ1n) is 12.0. The van der Waals surface area contributed by atoms with Crippen LogP contribution in [0.4, 0.5) is 11.4 Å². The van der Waals surface area contributed by atoms with Crippen molar-refractivity contribution in [2.75, 3.05) is 56.1 Å². The number of likely N-dealkylation sites (tertiary alicyclic amines) is 1. The molecule has 31 heavy (non-hydrogen) atoms. The van der Waals surface area contributed by atoms with Crippen LogP contribution in [-0.4, -0.2) is 51.2 Å². The predicted octanol–water partition coefficient (Wildman–Crippen LogP) is 4.73. The molecule has 0 spiro atoms. The maximum absolute atomic E-state index is 3.45. The number of thiophene rings is 1. The van der Waals surface area contributed by atoms with Crippen molar-refractivity contribution < 1.29 is 0 Å². The van der Waals surface area contributed by atoms with Crippen molar-refractivity contribution in [2.45, 2.75) is 32.2 Å². The molecule has 2 atom stereocenters. The summed E-state index contributed by atoms with van der Waals surface area (Å²) in [5.74, 6) is 1.93. The van der Waals surface area contributed by atoms with E-state index in [1.54, 1.807) is 0 Å². The minimum atomic E-state index is 0.300. The van der Waals surface area contributed by atoms with Crippen molar-refractivity contribution in [1.29, 1.82) is 0 Å². The minimum Gasteiger partial charge on any atom is -0.370 e. The molecule has 2 saturated heterocycles. The normalized spacial score (nSPS) is 26.3. The highest BCUT2D eigenvalue weighted by atomic mass is 32.1. The van der Waals surface area contributed by atoms with Crippen LogP contribution in [0.3, 0.4) is 0 Å². The van der Waals surface area contributed by atoms with E-state index in [0.717, 1.165) is 38.0 Å². The molecule has 1 aromatic heterocycles. The Hall–Kier alpha value is -1.98. The van der Waals surface area contributed by atoms with Crippen molar-refractivity contribution in [3.63, 3.8) is 0 Å². The van der Waals surface area contributed by atoms with E-state index in [2.05, 4.69) is 70.4 Å². The first-order chi connectivity index (χ1) is 15.2. The highest BCUT2D eigenvalue weighted by molar-refractivity contribution is 7.13. The average Bonchev–Trinajstić information content (AvgIpc) is 3.40. The quantitative estimate of drug-likeness (QED) is 0.751. The van der Waals surface area contributed by atoms with E-state index in [0.29, 0.717) is 6.04 Å². The largest absolute Gasteiger partial charge is 0.370 e. The van der Waals surface area contributed by atoms with E-state index >= 15 is 0 Å². The highest BCUT2D eigenvalue weighted by Crippen LogP contribution is 2.48. The Bertz CT molecular complexity index is 968. The van der Waals surface area contributed by atoms with Gasteiger partial charge in [-0.25, -0.2) is 0 Å². The maximum Gasteiger partial charge on any atom is 0.0747 e. The van der Waals surface area contributed by atoms with Crippen LogP contribution in [0.2, 0.25) is 0 Å². The summed E-state index contributed by atoms with van der Waals surface area (Å²) >= 11 is 1.97. The number of fused-ring (bicyclic) bond motifs is 1. The van der Waals surface area contributed by atoms with Gasteiger partial charge >= 0.3 is 0 Å². The molecule has 4 heterocycles. The zero-order chi connectivity index (χ0) is 20.9. The molecule has 1 aliphatic carbocycles. The van der Waals surface area contributed by atoms with E-state index in [1.165, 1.54) is 64.7 Å². The highest BCUT2D eigenvalue weighted by Gasteiger charge is 2.38. The summed E-state index contributed by atoms with van der Waals surface area (Å²) in [6.45, 7) is 9.09. The zero-order valence-electron chi connectivity index (χ0n) is 18.8. The van der Waals surface area contributed by atoms with Crippen LogP contribution >= 0.6 is 11.3 Å². The number of benzene rings is 1. The number of piperazine rings is 1. The number of anilines is 2. The van der Waals surface area contributed by atoms with E-state index in [4.69, 9.17) is 0 Å². The molecule has 164 valence electrons. The second-order valence-corrected chi connectivity index (χ2v) is 11.1. The van der Waals surface area contributed by atoms with Gasteiger partial charge in [-0.1, -0.05) is 12.1 Å². The summed E-state index contributed by atoms with van der Waals surface area (Å²) in [6, 6.07) is 12.1. The number of hydrogen-bond donors (Lipinski definition) is 1. The first kappa shape index (κ1) is 19.7. The third kappa shape index (κ3) is 3.66. The molecule has 2 aromatic rings. The molecule has 0 radical (unpaired) electrons. The molecular weight excluding hydrogens is 400 g/mol. The topological polar surface area (TPSA) is 21.8 Å². The minimum absolute atomic E-state index is 0.300. The number of aryl methyl sites for hydroxylation is 1. The lowest BCUT2D eigenvalue weighted by Crippen LogP contribution is -2.43. The van der Waals surface area contributed by atoms with Crippen molar-refractivity contribution in [2.24, 2.45) is 11.8 Å². The van der Waals surface area contributed by atoms with E-state index < -0.39 is 0 Å². The van der Waals surface area contributed by atoms with Crippen LogP contribution in [0.5, 0.6) is 0 Å². The van der Waals surface area contributed by atoms with Gasteiger partial charge in [-0.3, -0.25) is 0 Å². The molecule has 6 rings (SSSR count). The van der Waals surface area contributed by atoms with Crippen LogP contribution in [-0.2, 0) is 0 Å². The summed E-state index contributed by atoms with van der Waals surface area (Å²) in [4.78, 5) is 10.6. The van der Waals surface area contributed by atoms with Gasteiger partial charge in [0.05, 0.1) is 22.3 Å². The zero-order valence-corrected chi connectivity index (χ0v) is 19.6. The Morgan fingerprint density at radius 1 is 0.935 bits per heavy atom. The van der Waals surface area contributed by atoms with Gasteiger partial charge in [0.2, 0.25) is 0 Å². The molecule has 4 nitrogen and oxygen atoms in total. The van der Waals surface area contributed by atoms with Gasteiger partial charge in [0.15, 0.2) is 0 Å². The Morgan fingerprint density at radius 2 is 1.71 bits per heavy atom. The van der Waals surface area contributed by atoms with Crippen LogP contribution < -0.4 is 15.1 Å². The standard InChI is InChI=1S/C26H34N4S/c1-18-15-24-26(31-18)25(30-12-9-21(17-30)19-3-4-19)16-23(28(24)2)20-5-7-22(8-6-20)29-13-10-27-11-14-29/h5-8,15-16,19,21,23,27H,3-4,9-14,17H2,1-2H3. The number of likely N-dealkylation sites (N-methyl/N-ethyl adjacent to an activating group) is 1. The summed E-state index contributed by atoms with van der Waals surface area (Å²) in [5.41, 5.74) is 5.65. The SMILES string of the molecule is Cc1cc2c(s1)C(N1CCC(C3CC3)C1)=CC(c1ccc(N3CCNCC3)cc1)N2C. The molecule has 4 aliphatic rings. The Labute approximate surface area is 190 Å². The van der Waals surface area contributed by atoms with Crippen molar-refractivity contribution >= 4 is 28.4 Å². The Kier molecular flexibility index (Phi) is 4.99. The number of nitrogens with one attached hydrogen (secondary N) is 1. The molecular formula is C26H34N4S. The predicted molar refractivity (Wildman–Crippen MR) is 132 cm³/mol. The lowest BCUT2D eigenvalue weighted by atomic mass is 9.98. The molecule has 0 bridgehead atoms. The molecule has 1 aromatic carbocycles. The first-order valence-corrected chi connectivity index (χ1v) is 12.8. The second kappa shape index (κ2) is 7.86. The molecule has 0 amide bonds. The summed E-state index contributed by atoms with van der Waals surface area (Å²) in [7, 11) is 2.27. The van der Waals surface area contributed by atoms with E-state index in [-0.39, 0.29) is 0 Å². The van der Waals surface area contributed by atoms with Crippen LogP contribution in [0, 0.1) is 18.8 Å². The maximum atomic E-state index is 3.45. The monoisotopic (exact) mass is 434 g/mol. The summed E-state index contributed by atoms with van der Waals surface area (Å²) in [5, 5.41) is 3.45. The number of hydrogen-bond acceptors (Lipinski definition) is 5. The molecule has 1 saturated carbocycles. The fourth-order valence-corrected chi connectivity index (χ4v) is 6.87. The second-order valence-electron chi connectivity index (χ2n) is 9.84. The van der Waals surface area contributed by atoms with Crippen molar-refractivity contribution in [3.8, 4) is 0 Å². The number of nitrogens with zero attached hydrogens (tertiary/aromatic N) is 3. The van der Waals surface area contributed by atoms with Gasteiger partial charge in [0.25, 0.3) is 0 Å². The fourth-order valence-electron chi connectivity index (χ4n) is 5.77. The smallest absolute Gasteiger partial charge is 0.0747 e. The molecule has 3 fully saturated rings. The Morgan fingerprint density at radius 3 is 2.45 bits per heavy atom. The molecule has 1 N–H and O–H groups in total. The Balaban J connectivity index is 1.30. The van der Waals surface area contributed by atoms with Gasteiger partial charge < -0.3 is 20.0 Å².